The van der Waals surface area contributed by atoms with Gasteiger partial charge in [-0.05, 0) is 29.5 Å². The van der Waals surface area contributed by atoms with Gasteiger partial charge < -0.3 is 37.5 Å². The number of fused-ring (bicyclic) bond motifs is 1. The molecule has 2 aromatic carbocycles. The Bertz CT molecular complexity index is 1410. The number of carbonyl (C=O) groups is 5. The highest BCUT2D eigenvalue weighted by molar-refractivity contribution is 5.96. The van der Waals surface area contributed by atoms with E-state index in [-0.39, 0.29) is 12.8 Å². The summed E-state index contributed by atoms with van der Waals surface area (Å²) in [7, 11) is 0. The number of primary amides is 1. The summed E-state index contributed by atoms with van der Waals surface area (Å²) in [5.41, 5.74) is 14.0. The van der Waals surface area contributed by atoms with Crippen molar-refractivity contribution >= 4 is 40.5 Å². The molecule has 224 valence electrons. The van der Waals surface area contributed by atoms with E-state index >= 15 is 0 Å². The normalized spacial score (nSPS) is 14.6. The molecule has 0 fully saturated rings. The molecule has 3 rings (SSSR count). The number of aliphatic carboxylic acids is 1. The van der Waals surface area contributed by atoms with Gasteiger partial charge in [0.25, 0.3) is 0 Å². The molecule has 5 atom stereocenters. The van der Waals surface area contributed by atoms with Gasteiger partial charge in [0.1, 0.15) is 18.1 Å². The maximum absolute atomic E-state index is 13.5. The predicted molar refractivity (Wildman–Crippen MR) is 157 cm³/mol. The summed E-state index contributed by atoms with van der Waals surface area (Å²) in [6, 6.07) is 11.6. The molecule has 0 aliphatic heterocycles. The number of H-pyrrole nitrogens is 1. The standard InChI is InChI=1S/C30H38N6O6/c1-3-17(2)26(30(41)42)36-29(40)24(15-25(32)37)35-28(39)23(13-18-9-5-4-6-10-18)34-27(38)21(31)14-19-16-33-22-12-8-7-11-20(19)22/h4-12,16-17,21,23-24,26,33H,3,13-15,31H2,1-2H3,(H2,32,37)(H,34,38)(H,35,39)(H,36,40)(H,41,42). The fourth-order valence-corrected chi connectivity index (χ4v) is 4.59. The summed E-state index contributed by atoms with van der Waals surface area (Å²) < 4.78 is 0. The maximum Gasteiger partial charge on any atom is 0.326 e. The van der Waals surface area contributed by atoms with Crippen LogP contribution in [0.2, 0.25) is 0 Å². The molecule has 9 N–H and O–H groups in total. The second-order valence-corrected chi connectivity index (χ2v) is 10.4. The van der Waals surface area contributed by atoms with Crippen LogP contribution in [0.25, 0.3) is 10.9 Å². The predicted octanol–water partition coefficient (Wildman–Crippen LogP) is 0.741. The lowest BCUT2D eigenvalue weighted by molar-refractivity contribution is -0.144. The molecule has 12 nitrogen and oxygen atoms in total. The van der Waals surface area contributed by atoms with Crippen LogP contribution in [0.1, 0.15) is 37.8 Å². The fraction of sp³-hybridized carbons (Fsp3) is 0.367. The number of carboxylic acids is 1. The Balaban J connectivity index is 1.78. The highest BCUT2D eigenvalue weighted by atomic mass is 16.4. The lowest BCUT2D eigenvalue weighted by Gasteiger charge is -2.26. The lowest BCUT2D eigenvalue weighted by Crippen LogP contribution is -2.59. The van der Waals surface area contributed by atoms with Crippen molar-refractivity contribution in [2.24, 2.45) is 17.4 Å². The fourth-order valence-electron chi connectivity index (χ4n) is 4.59. The van der Waals surface area contributed by atoms with Crippen LogP contribution in [0.5, 0.6) is 0 Å². The van der Waals surface area contributed by atoms with Crippen molar-refractivity contribution in [1.29, 1.82) is 0 Å². The molecule has 12 heteroatoms. The van der Waals surface area contributed by atoms with Gasteiger partial charge in [0.15, 0.2) is 0 Å². The van der Waals surface area contributed by atoms with Crippen molar-refractivity contribution in [2.75, 3.05) is 0 Å². The van der Waals surface area contributed by atoms with Crippen LogP contribution in [0.3, 0.4) is 0 Å². The molecule has 0 radical (unpaired) electrons. The first-order valence-electron chi connectivity index (χ1n) is 13.8. The van der Waals surface area contributed by atoms with E-state index in [1.165, 1.54) is 0 Å². The monoisotopic (exact) mass is 578 g/mol. The summed E-state index contributed by atoms with van der Waals surface area (Å²) in [6.07, 6.45) is 1.94. The Morgan fingerprint density at radius 1 is 0.857 bits per heavy atom. The van der Waals surface area contributed by atoms with Crippen molar-refractivity contribution in [3.63, 3.8) is 0 Å². The van der Waals surface area contributed by atoms with Gasteiger partial charge in [-0.15, -0.1) is 0 Å². The minimum Gasteiger partial charge on any atom is -0.480 e. The lowest BCUT2D eigenvalue weighted by atomic mass is 9.98. The van der Waals surface area contributed by atoms with Gasteiger partial charge >= 0.3 is 5.97 Å². The number of hydrogen-bond donors (Lipinski definition) is 7. The number of carbonyl (C=O) groups excluding carboxylic acids is 4. The summed E-state index contributed by atoms with van der Waals surface area (Å²) in [6.45, 7) is 3.43. The van der Waals surface area contributed by atoms with Gasteiger partial charge in [0.2, 0.25) is 23.6 Å². The second kappa shape index (κ2) is 14.8. The second-order valence-electron chi connectivity index (χ2n) is 10.4. The van der Waals surface area contributed by atoms with Gasteiger partial charge in [-0.3, -0.25) is 19.2 Å². The zero-order valence-corrected chi connectivity index (χ0v) is 23.6. The third-order valence-electron chi connectivity index (χ3n) is 7.18. The minimum atomic E-state index is -1.46. The zero-order valence-electron chi connectivity index (χ0n) is 23.6. The van der Waals surface area contributed by atoms with E-state index in [0.29, 0.717) is 6.42 Å². The van der Waals surface area contributed by atoms with Crippen molar-refractivity contribution in [2.45, 2.75) is 63.7 Å². The number of rotatable bonds is 15. The Kier molecular flexibility index (Phi) is 11.2. The van der Waals surface area contributed by atoms with Crippen LogP contribution in [0, 0.1) is 5.92 Å². The Morgan fingerprint density at radius 3 is 2.12 bits per heavy atom. The van der Waals surface area contributed by atoms with Gasteiger partial charge in [0.05, 0.1) is 12.5 Å². The smallest absolute Gasteiger partial charge is 0.326 e. The van der Waals surface area contributed by atoms with Crippen LogP contribution >= 0.6 is 0 Å². The molecule has 0 bridgehead atoms. The third kappa shape index (κ3) is 8.64. The van der Waals surface area contributed by atoms with Crippen LogP contribution in [0.15, 0.2) is 60.8 Å². The number of para-hydroxylation sites is 1. The first-order chi connectivity index (χ1) is 20.0. The number of nitrogens with two attached hydrogens (primary N) is 2. The number of amides is 4. The average molecular weight is 579 g/mol. The topological polar surface area (TPSA) is 209 Å². The average Bonchev–Trinajstić information content (AvgIpc) is 3.37. The van der Waals surface area contributed by atoms with Crippen molar-refractivity contribution < 1.29 is 29.1 Å². The van der Waals surface area contributed by atoms with Gasteiger partial charge in [-0.25, -0.2) is 4.79 Å². The number of benzene rings is 2. The molecule has 1 heterocycles. The van der Waals surface area contributed by atoms with Crippen molar-refractivity contribution in [3.05, 3.63) is 71.9 Å². The molecule has 5 unspecified atom stereocenters. The molecular weight excluding hydrogens is 540 g/mol. The van der Waals surface area contributed by atoms with Crippen molar-refractivity contribution in [1.82, 2.24) is 20.9 Å². The van der Waals surface area contributed by atoms with Gasteiger partial charge in [-0.1, -0.05) is 68.8 Å². The molecule has 3 aromatic rings. The Hall–Kier alpha value is -4.71. The van der Waals surface area contributed by atoms with E-state index in [0.717, 1.165) is 22.0 Å². The molecular formula is C30H38N6O6. The van der Waals surface area contributed by atoms with E-state index in [9.17, 15) is 29.1 Å². The number of hydrogen-bond acceptors (Lipinski definition) is 6. The summed E-state index contributed by atoms with van der Waals surface area (Å²) >= 11 is 0. The number of aromatic nitrogens is 1. The highest BCUT2D eigenvalue weighted by Crippen LogP contribution is 2.19. The Labute approximate surface area is 243 Å². The maximum atomic E-state index is 13.5. The number of nitrogens with one attached hydrogen (secondary N) is 4. The summed E-state index contributed by atoms with van der Waals surface area (Å²) in [4.78, 5) is 66.3. The van der Waals surface area contributed by atoms with Crippen molar-refractivity contribution in [3.8, 4) is 0 Å². The van der Waals surface area contributed by atoms with Gasteiger partial charge in [-0.2, -0.15) is 0 Å². The van der Waals surface area contributed by atoms with E-state index in [2.05, 4.69) is 20.9 Å². The van der Waals surface area contributed by atoms with Crippen LogP contribution in [-0.2, 0) is 36.8 Å². The van der Waals surface area contributed by atoms with E-state index in [4.69, 9.17) is 11.5 Å². The van der Waals surface area contributed by atoms with Crippen LogP contribution < -0.4 is 27.4 Å². The zero-order chi connectivity index (χ0) is 30.8. The Morgan fingerprint density at radius 2 is 1.48 bits per heavy atom. The molecule has 0 saturated carbocycles. The molecule has 42 heavy (non-hydrogen) atoms. The number of aromatic amines is 1. The first kappa shape index (κ1) is 31.8. The summed E-state index contributed by atoms with van der Waals surface area (Å²) in [5, 5.41) is 18.0. The molecule has 0 aliphatic rings. The quantitative estimate of drug-likeness (QED) is 0.137. The molecule has 0 spiro atoms. The minimum absolute atomic E-state index is 0.0632. The van der Waals surface area contributed by atoms with Crippen LogP contribution in [0.4, 0.5) is 0 Å². The first-order valence-corrected chi connectivity index (χ1v) is 13.8. The largest absolute Gasteiger partial charge is 0.480 e. The third-order valence-corrected chi connectivity index (χ3v) is 7.18. The van der Waals surface area contributed by atoms with Gasteiger partial charge in [0, 0.05) is 23.5 Å². The van der Waals surface area contributed by atoms with E-state index in [1.807, 2.05) is 24.3 Å². The molecule has 0 aliphatic carbocycles. The van der Waals surface area contributed by atoms with E-state index in [1.54, 1.807) is 50.4 Å². The molecule has 0 saturated heterocycles. The molecule has 1 aromatic heterocycles. The summed E-state index contributed by atoms with van der Waals surface area (Å²) in [5.74, 6) is -4.77. The number of carboxylic acid groups (broad SMARTS) is 1. The van der Waals surface area contributed by atoms with E-state index < -0.39 is 66.1 Å². The highest BCUT2D eigenvalue weighted by Gasteiger charge is 2.33. The molecule has 4 amide bonds. The van der Waals surface area contributed by atoms with Crippen LogP contribution in [-0.4, -0.2) is 63.9 Å². The SMILES string of the molecule is CCC(C)C(NC(=O)C(CC(N)=O)NC(=O)C(Cc1ccccc1)NC(=O)C(N)Cc1c[nH]c2ccccc12)C(=O)O.